The second-order valence-corrected chi connectivity index (χ2v) is 7.72. The molecule has 0 bridgehead atoms. The molecule has 0 radical (unpaired) electrons. The van der Waals surface area contributed by atoms with Gasteiger partial charge in [-0.2, -0.15) is 0 Å². The number of carbonyl (C=O) groups is 1. The van der Waals surface area contributed by atoms with Gasteiger partial charge in [0.25, 0.3) is 5.79 Å². The van der Waals surface area contributed by atoms with E-state index < -0.39 is 35.9 Å². The number of rotatable bonds is 1. The molecule has 27 heavy (non-hydrogen) atoms. The summed E-state index contributed by atoms with van der Waals surface area (Å²) in [6.07, 6.45) is -1.60. The topological polar surface area (TPSA) is 85.2 Å². The van der Waals surface area contributed by atoms with Crippen molar-refractivity contribution in [1.29, 1.82) is 0 Å². The summed E-state index contributed by atoms with van der Waals surface area (Å²) >= 11 is 0. The molecule has 0 aromatic heterocycles. The molecule has 0 unspecified atom stereocenters. The normalized spacial score (nSPS) is 34.0. The highest BCUT2D eigenvalue weighted by Crippen LogP contribution is 2.52. The predicted molar refractivity (Wildman–Crippen MR) is 96.6 cm³/mol. The molecule has 1 spiro atoms. The molecule has 6 nitrogen and oxygen atoms in total. The van der Waals surface area contributed by atoms with Gasteiger partial charge in [-0.15, -0.1) is 0 Å². The minimum atomic E-state index is -1.21. The Morgan fingerprint density at radius 1 is 1.11 bits per heavy atom. The highest BCUT2D eigenvalue weighted by atomic mass is 16.7. The maximum atomic E-state index is 12.8. The summed E-state index contributed by atoms with van der Waals surface area (Å²) < 4.78 is 18.1. The number of ketones is 1. The molecule has 2 N–H and O–H groups in total. The van der Waals surface area contributed by atoms with Crippen LogP contribution in [0.5, 0.6) is 11.5 Å². The fraction of sp³-hybridized carbons (Fsp3) is 0.476. The Labute approximate surface area is 156 Å². The van der Waals surface area contributed by atoms with Crippen molar-refractivity contribution in [2.45, 2.75) is 43.4 Å². The molecule has 6 heteroatoms. The van der Waals surface area contributed by atoms with Crippen molar-refractivity contribution in [2.24, 2.45) is 11.8 Å². The monoisotopic (exact) mass is 370 g/mol. The summed E-state index contributed by atoms with van der Waals surface area (Å²) in [6.45, 7) is 0. The Kier molecular flexibility index (Phi) is 3.73. The van der Waals surface area contributed by atoms with E-state index in [4.69, 9.17) is 14.2 Å². The molecule has 5 atom stereocenters. The van der Waals surface area contributed by atoms with Crippen molar-refractivity contribution in [2.75, 3.05) is 7.11 Å². The standard InChI is InChI=1S/C21H22O6/c1-25-16-10-13(23)18-12(22)8-9-21(19(18)20(16)24)26-14-6-2-4-11-5-3-7-15(27-21)17(11)14/h2-7,12,16,18-20,22,24H,8-10H2,1H3/t12-,16-,18+,19-,20+/m0/s1. The van der Waals surface area contributed by atoms with Crippen molar-refractivity contribution in [3.8, 4) is 11.5 Å². The van der Waals surface area contributed by atoms with E-state index in [1.807, 2.05) is 36.4 Å². The van der Waals surface area contributed by atoms with Gasteiger partial charge >= 0.3 is 0 Å². The lowest BCUT2D eigenvalue weighted by atomic mass is 9.63. The average molecular weight is 370 g/mol. The van der Waals surface area contributed by atoms with E-state index in [2.05, 4.69) is 0 Å². The number of aliphatic hydroxyl groups is 2. The van der Waals surface area contributed by atoms with Gasteiger partial charge in [-0.25, -0.2) is 0 Å². The molecule has 2 aromatic rings. The van der Waals surface area contributed by atoms with Crippen molar-refractivity contribution in [3.63, 3.8) is 0 Å². The van der Waals surface area contributed by atoms with Gasteiger partial charge in [0.05, 0.1) is 35.5 Å². The van der Waals surface area contributed by atoms with Crippen LogP contribution in [0.1, 0.15) is 19.3 Å². The summed E-state index contributed by atoms with van der Waals surface area (Å²) in [7, 11) is 1.48. The van der Waals surface area contributed by atoms with Crippen LogP contribution < -0.4 is 9.47 Å². The molecular weight excluding hydrogens is 348 g/mol. The van der Waals surface area contributed by atoms with Gasteiger partial charge in [-0.1, -0.05) is 24.3 Å². The molecule has 3 aliphatic rings. The first kappa shape index (κ1) is 17.0. The number of aliphatic hydroxyl groups excluding tert-OH is 2. The first-order valence-electron chi connectivity index (χ1n) is 9.35. The highest BCUT2D eigenvalue weighted by molar-refractivity contribution is 5.94. The van der Waals surface area contributed by atoms with Crippen molar-refractivity contribution >= 4 is 16.6 Å². The van der Waals surface area contributed by atoms with Gasteiger partial charge in [-0.05, 0) is 23.9 Å². The Hall–Kier alpha value is -2.15. The van der Waals surface area contributed by atoms with Gasteiger partial charge < -0.3 is 24.4 Å². The van der Waals surface area contributed by atoms with Crippen LogP contribution >= 0.6 is 0 Å². The maximum absolute atomic E-state index is 12.8. The lowest BCUT2D eigenvalue weighted by Gasteiger charge is -2.54. The SMILES string of the molecule is CO[C@H]1CC(=O)[C@@H]2[C@@H]([C@@H]1O)C1(CC[C@@H]2O)Oc2cccc3cccc(c23)O1. The molecule has 1 heterocycles. The number of ether oxygens (including phenoxy) is 3. The molecule has 0 saturated heterocycles. The largest absolute Gasteiger partial charge is 0.451 e. The van der Waals surface area contributed by atoms with Crippen LogP contribution in [0.3, 0.4) is 0 Å². The minimum absolute atomic E-state index is 0.0815. The predicted octanol–water partition coefficient (Wildman–Crippen LogP) is 2.04. The first-order chi connectivity index (χ1) is 13.0. The van der Waals surface area contributed by atoms with E-state index in [1.54, 1.807) is 0 Å². The van der Waals surface area contributed by atoms with Gasteiger partial charge in [-0.3, -0.25) is 4.79 Å². The molecular formula is C21H22O6. The molecule has 2 fully saturated rings. The van der Waals surface area contributed by atoms with Gasteiger partial charge in [0.1, 0.15) is 17.3 Å². The van der Waals surface area contributed by atoms with Crippen molar-refractivity contribution in [3.05, 3.63) is 36.4 Å². The number of benzene rings is 2. The van der Waals surface area contributed by atoms with Crippen LogP contribution in [0, 0.1) is 11.8 Å². The van der Waals surface area contributed by atoms with E-state index in [1.165, 1.54) is 7.11 Å². The van der Waals surface area contributed by atoms with E-state index >= 15 is 0 Å². The number of methoxy groups -OCH3 is 1. The maximum Gasteiger partial charge on any atom is 0.257 e. The van der Waals surface area contributed by atoms with E-state index in [9.17, 15) is 15.0 Å². The Morgan fingerprint density at radius 2 is 1.78 bits per heavy atom. The lowest BCUT2D eigenvalue weighted by molar-refractivity contribution is -0.255. The highest BCUT2D eigenvalue weighted by Gasteiger charge is 2.62. The smallest absolute Gasteiger partial charge is 0.257 e. The number of Topliss-reactive ketones (excluding diaryl/α,β-unsaturated/α-hetero) is 1. The number of fused-ring (bicyclic) bond motifs is 2. The van der Waals surface area contributed by atoms with Crippen LogP contribution in [0.2, 0.25) is 0 Å². The first-order valence-corrected chi connectivity index (χ1v) is 9.35. The zero-order valence-electron chi connectivity index (χ0n) is 15.0. The number of hydrogen-bond donors (Lipinski definition) is 2. The Morgan fingerprint density at radius 3 is 2.41 bits per heavy atom. The summed E-state index contributed by atoms with van der Waals surface area (Å²) in [5.74, 6) is -1.43. The lowest BCUT2D eigenvalue weighted by Crippen LogP contribution is -2.67. The summed E-state index contributed by atoms with van der Waals surface area (Å²) in [6, 6.07) is 11.6. The van der Waals surface area contributed by atoms with Crippen LogP contribution in [0.15, 0.2) is 36.4 Å². The van der Waals surface area contributed by atoms with Gasteiger partial charge in [0.2, 0.25) is 0 Å². The second-order valence-electron chi connectivity index (χ2n) is 7.72. The molecule has 142 valence electrons. The van der Waals surface area contributed by atoms with Crippen LogP contribution in [0.4, 0.5) is 0 Å². The van der Waals surface area contributed by atoms with Crippen LogP contribution in [-0.4, -0.2) is 47.2 Å². The van der Waals surface area contributed by atoms with Crippen molar-refractivity contribution < 1.29 is 29.2 Å². The quantitative estimate of drug-likeness (QED) is 0.799. The number of hydrogen-bond acceptors (Lipinski definition) is 6. The van der Waals surface area contributed by atoms with Gasteiger partial charge in [0.15, 0.2) is 0 Å². The third-order valence-corrected chi connectivity index (χ3v) is 6.32. The molecule has 2 saturated carbocycles. The molecule has 0 amide bonds. The molecule has 1 aliphatic heterocycles. The zero-order chi connectivity index (χ0) is 18.8. The van der Waals surface area contributed by atoms with Crippen molar-refractivity contribution in [1.82, 2.24) is 0 Å². The minimum Gasteiger partial charge on any atom is -0.451 e. The fourth-order valence-corrected chi connectivity index (χ4v) is 5.08. The Bertz CT molecular complexity index is 868. The van der Waals surface area contributed by atoms with E-state index in [-0.39, 0.29) is 12.2 Å². The van der Waals surface area contributed by atoms with E-state index in [0.717, 1.165) is 10.8 Å². The molecule has 2 aromatic carbocycles. The zero-order valence-corrected chi connectivity index (χ0v) is 15.0. The molecule has 2 aliphatic carbocycles. The average Bonchev–Trinajstić information content (AvgIpc) is 2.67. The van der Waals surface area contributed by atoms with Crippen LogP contribution in [0.25, 0.3) is 10.8 Å². The van der Waals surface area contributed by atoms with Crippen LogP contribution in [-0.2, 0) is 9.53 Å². The fourth-order valence-electron chi connectivity index (χ4n) is 5.08. The van der Waals surface area contributed by atoms with E-state index in [0.29, 0.717) is 24.3 Å². The Balaban J connectivity index is 1.64. The third-order valence-electron chi connectivity index (χ3n) is 6.32. The number of carbonyl (C=O) groups excluding carboxylic acids is 1. The molecule has 5 rings (SSSR count). The third kappa shape index (κ3) is 2.33. The van der Waals surface area contributed by atoms with Gasteiger partial charge in [0, 0.05) is 20.0 Å². The summed E-state index contributed by atoms with van der Waals surface area (Å²) in [5.41, 5.74) is 0. The second kappa shape index (κ2) is 5.92. The summed E-state index contributed by atoms with van der Waals surface area (Å²) in [4.78, 5) is 12.8. The summed E-state index contributed by atoms with van der Waals surface area (Å²) in [5, 5.41) is 23.4.